The zero-order valence-corrected chi connectivity index (χ0v) is 10.8. The Morgan fingerprint density at radius 2 is 1.71 bits per heavy atom. The molecule has 21 heavy (non-hydrogen) atoms. The monoisotopic (exact) mass is 284 g/mol. The molecule has 0 atom stereocenters. The Morgan fingerprint density at radius 1 is 0.952 bits per heavy atom. The number of phenolic OH excluding ortho intramolecular Hbond substituents is 2. The number of benzene rings is 2. The van der Waals surface area contributed by atoms with E-state index in [4.69, 9.17) is 15.9 Å². The van der Waals surface area contributed by atoms with Gasteiger partial charge in [0, 0.05) is 23.8 Å². The maximum absolute atomic E-state index is 12.1. The molecule has 106 valence electrons. The van der Waals surface area contributed by atoms with Crippen LogP contribution in [-0.2, 0) is 0 Å². The standard InChI is InChI=1S/C15H12N2O4/c16-9-2-1-7(3-10(9)17)13-6-12(20)15-11(19)4-8(18)5-14(15)21-13/h1-6,18-19H,16-17H2. The molecule has 0 saturated heterocycles. The zero-order chi connectivity index (χ0) is 15.1. The van der Waals surface area contributed by atoms with Crippen molar-refractivity contribution in [1.82, 2.24) is 0 Å². The molecule has 0 spiro atoms. The molecule has 3 rings (SSSR count). The molecular formula is C15H12N2O4. The Balaban J connectivity index is 2.29. The number of anilines is 2. The van der Waals surface area contributed by atoms with Crippen molar-refractivity contribution in [3.05, 3.63) is 46.6 Å². The van der Waals surface area contributed by atoms with Crippen molar-refractivity contribution in [3.63, 3.8) is 0 Å². The summed E-state index contributed by atoms with van der Waals surface area (Å²) in [6.07, 6.45) is 0. The SMILES string of the molecule is Nc1ccc(-c2cc(=O)c3c(O)cc(O)cc3o2)cc1N. The van der Waals surface area contributed by atoms with Gasteiger partial charge in [0.1, 0.15) is 28.2 Å². The maximum Gasteiger partial charge on any atom is 0.197 e. The third-order valence-electron chi connectivity index (χ3n) is 3.17. The van der Waals surface area contributed by atoms with E-state index in [1.807, 2.05) is 0 Å². The quantitative estimate of drug-likeness (QED) is 0.507. The molecule has 0 aliphatic carbocycles. The lowest BCUT2D eigenvalue weighted by Gasteiger charge is -2.07. The van der Waals surface area contributed by atoms with Gasteiger partial charge in [-0.1, -0.05) is 0 Å². The van der Waals surface area contributed by atoms with Crippen LogP contribution in [0.1, 0.15) is 0 Å². The number of aromatic hydroxyl groups is 2. The molecule has 0 unspecified atom stereocenters. The average Bonchev–Trinajstić information content (AvgIpc) is 2.40. The first-order valence-corrected chi connectivity index (χ1v) is 6.11. The van der Waals surface area contributed by atoms with Crippen LogP contribution in [0.15, 0.2) is 45.6 Å². The molecule has 1 aromatic heterocycles. The predicted molar refractivity (Wildman–Crippen MR) is 80.1 cm³/mol. The zero-order valence-electron chi connectivity index (χ0n) is 10.8. The van der Waals surface area contributed by atoms with Crippen LogP contribution in [-0.4, -0.2) is 10.2 Å². The summed E-state index contributed by atoms with van der Waals surface area (Å²) in [7, 11) is 0. The molecule has 1 heterocycles. The summed E-state index contributed by atoms with van der Waals surface area (Å²) >= 11 is 0. The van der Waals surface area contributed by atoms with Crippen molar-refractivity contribution in [1.29, 1.82) is 0 Å². The fourth-order valence-electron chi connectivity index (χ4n) is 2.12. The Hall–Kier alpha value is -3.15. The number of hydrogen-bond acceptors (Lipinski definition) is 6. The van der Waals surface area contributed by atoms with Gasteiger partial charge in [-0.05, 0) is 18.2 Å². The summed E-state index contributed by atoms with van der Waals surface area (Å²) in [4.78, 5) is 12.1. The lowest BCUT2D eigenvalue weighted by atomic mass is 10.1. The molecule has 0 radical (unpaired) electrons. The van der Waals surface area contributed by atoms with Crippen LogP contribution in [0.4, 0.5) is 11.4 Å². The van der Waals surface area contributed by atoms with Gasteiger partial charge in [0.05, 0.1) is 11.4 Å². The van der Waals surface area contributed by atoms with E-state index in [1.54, 1.807) is 18.2 Å². The average molecular weight is 284 g/mol. The Labute approximate surface area is 118 Å². The van der Waals surface area contributed by atoms with Crippen LogP contribution >= 0.6 is 0 Å². The fraction of sp³-hybridized carbons (Fsp3) is 0. The van der Waals surface area contributed by atoms with Gasteiger partial charge in [0.25, 0.3) is 0 Å². The van der Waals surface area contributed by atoms with Gasteiger partial charge in [-0.2, -0.15) is 0 Å². The summed E-state index contributed by atoms with van der Waals surface area (Å²) in [6.45, 7) is 0. The first kappa shape index (κ1) is 12.9. The van der Waals surface area contributed by atoms with Gasteiger partial charge < -0.3 is 26.1 Å². The van der Waals surface area contributed by atoms with Crippen molar-refractivity contribution in [3.8, 4) is 22.8 Å². The molecular weight excluding hydrogens is 272 g/mol. The third-order valence-corrected chi connectivity index (χ3v) is 3.17. The lowest BCUT2D eigenvalue weighted by molar-refractivity contribution is 0.452. The van der Waals surface area contributed by atoms with Crippen LogP contribution in [0.3, 0.4) is 0 Å². The van der Waals surface area contributed by atoms with E-state index in [0.29, 0.717) is 16.9 Å². The van der Waals surface area contributed by atoms with E-state index in [9.17, 15) is 15.0 Å². The molecule has 0 amide bonds. The first-order chi connectivity index (χ1) is 9.95. The highest BCUT2D eigenvalue weighted by Gasteiger charge is 2.12. The number of fused-ring (bicyclic) bond motifs is 1. The topological polar surface area (TPSA) is 123 Å². The lowest BCUT2D eigenvalue weighted by Crippen LogP contribution is -2.01. The number of nitrogen functional groups attached to an aromatic ring is 2. The smallest absolute Gasteiger partial charge is 0.197 e. The summed E-state index contributed by atoms with van der Waals surface area (Å²) in [5, 5.41) is 19.2. The van der Waals surface area contributed by atoms with Crippen LogP contribution in [0.25, 0.3) is 22.3 Å². The summed E-state index contributed by atoms with van der Waals surface area (Å²) < 4.78 is 5.57. The van der Waals surface area contributed by atoms with Crippen molar-refractivity contribution < 1.29 is 14.6 Å². The normalized spacial score (nSPS) is 10.9. The van der Waals surface area contributed by atoms with Crippen LogP contribution in [0.5, 0.6) is 11.5 Å². The number of nitrogens with two attached hydrogens (primary N) is 2. The number of rotatable bonds is 1. The predicted octanol–water partition coefficient (Wildman–Crippen LogP) is 2.04. The minimum Gasteiger partial charge on any atom is -0.508 e. The van der Waals surface area contributed by atoms with Crippen molar-refractivity contribution in [2.45, 2.75) is 0 Å². The molecule has 0 bridgehead atoms. The van der Waals surface area contributed by atoms with Gasteiger partial charge in [-0.3, -0.25) is 4.79 Å². The van der Waals surface area contributed by atoms with Gasteiger partial charge in [-0.15, -0.1) is 0 Å². The van der Waals surface area contributed by atoms with Crippen LogP contribution in [0.2, 0.25) is 0 Å². The van der Waals surface area contributed by atoms with E-state index < -0.39 is 5.43 Å². The van der Waals surface area contributed by atoms with E-state index in [2.05, 4.69) is 0 Å². The number of phenols is 2. The van der Waals surface area contributed by atoms with Gasteiger partial charge in [-0.25, -0.2) is 0 Å². The highest BCUT2D eigenvalue weighted by Crippen LogP contribution is 2.31. The molecule has 2 aromatic carbocycles. The molecule has 0 aliphatic heterocycles. The fourth-order valence-corrected chi connectivity index (χ4v) is 2.12. The molecule has 6 N–H and O–H groups in total. The van der Waals surface area contributed by atoms with Crippen molar-refractivity contribution in [2.75, 3.05) is 11.5 Å². The first-order valence-electron chi connectivity index (χ1n) is 6.11. The van der Waals surface area contributed by atoms with Gasteiger partial charge >= 0.3 is 0 Å². The largest absolute Gasteiger partial charge is 0.508 e. The van der Waals surface area contributed by atoms with E-state index in [1.165, 1.54) is 12.1 Å². The van der Waals surface area contributed by atoms with Crippen molar-refractivity contribution >= 4 is 22.3 Å². The van der Waals surface area contributed by atoms with Gasteiger partial charge in [0.15, 0.2) is 5.43 Å². The second kappa shape index (κ2) is 4.45. The van der Waals surface area contributed by atoms with E-state index >= 15 is 0 Å². The second-order valence-corrected chi connectivity index (χ2v) is 4.66. The minimum atomic E-state index is -0.417. The summed E-state index contributed by atoms with van der Waals surface area (Å²) in [5.41, 5.74) is 12.4. The molecule has 0 saturated carbocycles. The molecule has 3 aromatic rings. The molecule has 0 fully saturated rings. The third kappa shape index (κ3) is 2.12. The molecule has 0 aliphatic rings. The Bertz CT molecular complexity index is 915. The maximum atomic E-state index is 12.1. The Kier molecular flexibility index (Phi) is 2.72. The highest BCUT2D eigenvalue weighted by atomic mass is 16.3. The van der Waals surface area contributed by atoms with Crippen LogP contribution < -0.4 is 16.9 Å². The number of hydrogen-bond donors (Lipinski definition) is 4. The Morgan fingerprint density at radius 3 is 2.43 bits per heavy atom. The minimum absolute atomic E-state index is 0.0139. The molecule has 6 heteroatoms. The van der Waals surface area contributed by atoms with Crippen molar-refractivity contribution in [2.24, 2.45) is 0 Å². The van der Waals surface area contributed by atoms with Crippen LogP contribution in [0, 0.1) is 0 Å². The highest BCUT2D eigenvalue weighted by molar-refractivity contribution is 5.86. The van der Waals surface area contributed by atoms with E-state index in [0.717, 1.165) is 6.07 Å². The second-order valence-electron chi connectivity index (χ2n) is 4.66. The summed E-state index contributed by atoms with van der Waals surface area (Å²) in [6, 6.07) is 8.46. The van der Waals surface area contributed by atoms with E-state index in [-0.39, 0.29) is 28.2 Å². The van der Waals surface area contributed by atoms with Gasteiger partial charge in [0.2, 0.25) is 0 Å². The molecule has 6 nitrogen and oxygen atoms in total. The summed E-state index contributed by atoms with van der Waals surface area (Å²) in [5.74, 6) is -0.261.